The second kappa shape index (κ2) is 5.93. The van der Waals surface area contributed by atoms with Gasteiger partial charge >= 0.3 is 0 Å². The van der Waals surface area contributed by atoms with Crippen LogP contribution in [0.25, 0.3) is 0 Å². The Kier molecular flexibility index (Phi) is 4.55. The van der Waals surface area contributed by atoms with Gasteiger partial charge in [0.05, 0.1) is 12.7 Å². The summed E-state index contributed by atoms with van der Waals surface area (Å²) in [5.41, 5.74) is 5.59. The summed E-state index contributed by atoms with van der Waals surface area (Å²) in [6, 6.07) is 0. The molecular weight excluding hydrogens is 206 g/mol. The van der Waals surface area contributed by atoms with E-state index in [0.29, 0.717) is 6.10 Å². The van der Waals surface area contributed by atoms with Crippen molar-refractivity contribution in [2.75, 3.05) is 53.0 Å². The maximum Gasteiger partial charge on any atom is 0.123 e. The predicted molar refractivity (Wildman–Crippen MR) is 62.2 cm³/mol. The van der Waals surface area contributed by atoms with Gasteiger partial charge in [0.2, 0.25) is 0 Å². The fourth-order valence-corrected chi connectivity index (χ4v) is 2.50. The lowest BCUT2D eigenvalue weighted by atomic mass is 10.3. The molecule has 0 saturated carbocycles. The fraction of sp³-hybridized carbons (Fsp3) is 1.00. The number of morpholine rings is 1. The Balaban J connectivity index is 1.80. The molecule has 0 spiro atoms. The number of likely N-dealkylation sites (tertiary alicyclic amines) is 1. The van der Waals surface area contributed by atoms with Crippen molar-refractivity contribution >= 4 is 0 Å². The molecule has 5 heteroatoms. The highest BCUT2D eigenvalue weighted by Gasteiger charge is 2.31. The van der Waals surface area contributed by atoms with Crippen LogP contribution in [0.3, 0.4) is 0 Å². The van der Waals surface area contributed by atoms with Crippen LogP contribution in [0.2, 0.25) is 0 Å². The lowest BCUT2D eigenvalue weighted by molar-refractivity contribution is -0.106. The largest absolute Gasteiger partial charge is 0.380 e. The second-order valence-electron chi connectivity index (χ2n) is 4.56. The van der Waals surface area contributed by atoms with Gasteiger partial charge in [-0.1, -0.05) is 0 Å². The average Bonchev–Trinajstić information content (AvgIpc) is 2.78. The van der Waals surface area contributed by atoms with E-state index in [0.717, 1.165) is 52.3 Å². The van der Waals surface area contributed by atoms with Gasteiger partial charge in [-0.2, -0.15) is 0 Å². The molecule has 2 aliphatic heterocycles. The molecule has 2 heterocycles. The maximum absolute atomic E-state index is 5.82. The zero-order chi connectivity index (χ0) is 11.4. The molecule has 2 N–H and O–H groups in total. The summed E-state index contributed by atoms with van der Waals surface area (Å²) in [6.45, 7) is 6.59. The molecule has 94 valence electrons. The Morgan fingerprint density at radius 3 is 2.94 bits per heavy atom. The number of nitrogens with zero attached hydrogens (tertiary/aromatic N) is 2. The van der Waals surface area contributed by atoms with E-state index < -0.39 is 0 Å². The van der Waals surface area contributed by atoms with Gasteiger partial charge in [-0.3, -0.25) is 9.80 Å². The van der Waals surface area contributed by atoms with Crippen LogP contribution < -0.4 is 5.73 Å². The van der Waals surface area contributed by atoms with Gasteiger partial charge in [-0.25, -0.2) is 0 Å². The van der Waals surface area contributed by atoms with Crippen molar-refractivity contribution in [1.82, 2.24) is 9.80 Å². The smallest absolute Gasteiger partial charge is 0.123 e. The molecule has 2 rings (SSSR count). The molecule has 2 saturated heterocycles. The number of hydrogen-bond acceptors (Lipinski definition) is 5. The van der Waals surface area contributed by atoms with Gasteiger partial charge in [0, 0.05) is 46.4 Å². The Bertz CT molecular complexity index is 213. The molecule has 16 heavy (non-hydrogen) atoms. The molecule has 5 nitrogen and oxygen atoms in total. The molecular formula is C11H23N3O2. The maximum atomic E-state index is 5.82. The van der Waals surface area contributed by atoms with Crippen molar-refractivity contribution in [1.29, 1.82) is 0 Å². The number of nitrogens with two attached hydrogens (primary N) is 1. The lowest BCUT2D eigenvalue weighted by Gasteiger charge is -2.37. The second-order valence-corrected chi connectivity index (χ2v) is 4.56. The molecule has 0 aromatic rings. The van der Waals surface area contributed by atoms with Crippen LogP contribution in [0.4, 0.5) is 0 Å². The lowest BCUT2D eigenvalue weighted by Crippen LogP contribution is -2.51. The topological polar surface area (TPSA) is 51.0 Å². The third-order valence-electron chi connectivity index (χ3n) is 3.49. The van der Waals surface area contributed by atoms with Crippen LogP contribution in [0, 0.1) is 0 Å². The third-order valence-corrected chi connectivity index (χ3v) is 3.49. The highest BCUT2D eigenvalue weighted by molar-refractivity contribution is 4.81. The average molecular weight is 229 g/mol. The summed E-state index contributed by atoms with van der Waals surface area (Å²) in [4.78, 5) is 4.77. The first-order valence-electron chi connectivity index (χ1n) is 6.14. The van der Waals surface area contributed by atoms with Crippen molar-refractivity contribution in [2.45, 2.75) is 18.8 Å². The first-order chi connectivity index (χ1) is 7.83. The summed E-state index contributed by atoms with van der Waals surface area (Å²) in [7, 11) is 1.79. The Morgan fingerprint density at radius 1 is 1.38 bits per heavy atom. The Morgan fingerprint density at radius 2 is 2.25 bits per heavy atom. The van der Waals surface area contributed by atoms with Crippen LogP contribution in [0.1, 0.15) is 6.42 Å². The van der Waals surface area contributed by atoms with E-state index in [9.17, 15) is 0 Å². The van der Waals surface area contributed by atoms with Gasteiger partial charge in [-0.05, 0) is 6.42 Å². The third kappa shape index (κ3) is 2.93. The standard InChI is InChI=1S/C11H23N3O2/c1-15-10-2-4-14(8-10)11-9-13(5-3-12)6-7-16-11/h10-11H,2-9,12H2,1H3/t10-,11?/m0/s1. The minimum Gasteiger partial charge on any atom is -0.380 e. The van der Waals surface area contributed by atoms with Crippen molar-refractivity contribution in [3.8, 4) is 0 Å². The van der Waals surface area contributed by atoms with E-state index in [1.54, 1.807) is 7.11 Å². The van der Waals surface area contributed by atoms with Crippen molar-refractivity contribution in [3.05, 3.63) is 0 Å². The number of ether oxygens (including phenoxy) is 2. The zero-order valence-electron chi connectivity index (χ0n) is 10.1. The van der Waals surface area contributed by atoms with Gasteiger partial charge < -0.3 is 15.2 Å². The summed E-state index contributed by atoms with van der Waals surface area (Å²) in [5.74, 6) is 0. The Hall–Kier alpha value is -0.200. The zero-order valence-corrected chi connectivity index (χ0v) is 10.1. The Labute approximate surface area is 97.5 Å². The molecule has 0 bridgehead atoms. The first-order valence-corrected chi connectivity index (χ1v) is 6.14. The van der Waals surface area contributed by atoms with Gasteiger partial charge in [-0.15, -0.1) is 0 Å². The predicted octanol–water partition coefficient (Wildman–Crippen LogP) is -0.676. The molecule has 2 atom stereocenters. The van der Waals surface area contributed by atoms with Crippen molar-refractivity contribution in [2.24, 2.45) is 5.73 Å². The molecule has 0 aromatic heterocycles. The van der Waals surface area contributed by atoms with Crippen LogP contribution in [-0.4, -0.2) is 75.1 Å². The van der Waals surface area contributed by atoms with Crippen LogP contribution in [0.15, 0.2) is 0 Å². The first kappa shape index (κ1) is 12.3. The summed E-state index contributed by atoms with van der Waals surface area (Å²) < 4.78 is 11.2. The highest BCUT2D eigenvalue weighted by atomic mass is 16.5. The van der Waals surface area contributed by atoms with Crippen LogP contribution in [-0.2, 0) is 9.47 Å². The molecule has 0 aromatic carbocycles. The summed E-state index contributed by atoms with van der Waals surface area (Å²) in [5, 5.41) is 0. The van der Waals surface area contributed by atoms with E-state index in [2.05, 4.69) is 9.80 Å². The highest BCUT2D eigenvalue weighted by Crippen LogP contribution is 2.18. The summed E-state index contributed by atoms with van der Waals surface area (Å²) >= 11 is 0. The normalized spacial score (nSPS) is 33.4. The van der Waals surface area contributed by atoms with E-state index in [4.69, 9.17) is 15.2 Å². The molecule has 0 radical (unpaired) electrons. The quantitative estimate of drug-likeness (QED) is 0.692. The van der Waals surface area contributed by atoms with Gasteiger partial charge in [0.1, 0.15) is 6.23 Å². The van der Waals surface area contributed by atoms with E-state index in [1.165, 1.54) is 0 Å². The van der Waals surface area contributed by atoms with Crippen LogP contribution >= 0.6 is 0 Å². The molecule has 1 unspecified atom stereocenters. The van der Waals surface area contributed by atoms with E-state index in [1.807, 2.05) is 0 Å². The SMILES string of the molecule is CO[C@H]1CCN(C2CN(CCN)CCO2)C1. The van der Waals surface area contributed by atoms with Gasteiger partial charge in [0.15, 0.2) is 0 Å². The monoisotopic (exact) mass is 229 g/mol. The molecule has 2 fully saturated rings. The fourth-order valence-electron chi connectivity index (χ4n) is 2.50. The van der Waals surface area contributed by atoms with Crippen LogP contribution in [0.5, 0.6) is 0 Å². The number of rotatable bonds is 4. The van der Waals surface area contributed by atoms with Gasteiger partial charge in [0.25, 0.3) is 0 Å². The van der Waals surface area contributed by atoms with Crippen molar-refractivity contribution in [3.63, 3.8) is 0 Å². The molecule has 0 amide bonds. The number of methoxy groups -OCH3 is 1. The minimum atomic E-state index is 0.237. The van der Waals surface area contributed by atoms with E-state index in [-0.39, 0.29) is 6.23 Å². The molecule has 0 aliphatic carbocycles. The number of hydrogen-bond donors (Lipinski definition) is 1. The minimum absolute atomic E-state index is 0.237. The summed E-state index contributed by atoms with van der Waals surface area (Å²) in [6.07, 6.45) is 1.74. The molecule has 2 aliphatic rings. The van der Waals surface area contributed by atoms with Crippen molar-refractivity contribution < 1.29 is 9.47 Å². The van der Waals surface area contributed by atoms with E-state index >= 15 is 0 Å².